The number of nitrogens with two attached hydrogens (primary N) is 1. The van der Waals surface area contributed by atoms with Crippen molar-refractivity contribution < 1.29 is 9.90 Å². The van der Waals surface area contributed by atoms with E-state index in [1.54, 1.807) is 0 Å². The summed E-state index contributed by atoms with van der Waals surface area (Å²) in [6.45, 7) is 3.63. The molecule has 92 valence electrons. The molecule has 0 bridgehead atoms. The van der Waals surface area contributed by atoms with Crippen LogP contribution in [-0.2, 0) is 17.6 Å². The van der Waals surface area contributed by atoms with Gasteiger partial charge in [0.2, 0.25) is 0 Å². The number of aryl methyl sites for hydroxylation is 1. The third-order valence-corrected chi connectivity index (χ3v) is 4.03. The van der Waals surface area contributed by atoms with Gasteiger partial charge in [-0.1, -0.05) is 6.07 Å². The maximum Gasteiger partial charge on any atom is 0.309 e. The van der Waals surface area contributed by atoms with Crippen LogP contribution < -0.4 is 5.73 Å². The normalized spacial score (nSPS) is 19.8. The van der Waals surface area contributed by atoms with E-state index in [2.05, 4.69) is 6.07 Å². The van der Waals surface area contributed by atoms with Crippen LogP contribution in [0.4, 0.5) is 5.69 Å². The van der Waals surface area contributed by atoms with Crippen molar-refractivity contribution in [3.63, 3.8) is 0 Å². The quantitative estimate of drug-likeness (QED) is 0.771. The van der Waals surface area contributed by atoms with E-state index in [9.17, 15) is 9.90 Å². The summed E-state index contributed by atoms with van der Waals surface area (Å²) in [6, 6.07) is 5.97. The first kappa shape index (κ1) is 12.0. The number of carboxylic acids is 1. The average molecular weight is 233 g/mol. The highest BCUT2D eigenvalue weighted by molar-refractivity contribution is 5.74. The largest absolute Gasteiger partial charge is 0.481 e. The van der Waals surface area contributed by atoms with Crippen molar-refractivity contribution in [2.24, 2.45) is 11.3 Å². The number of fused-ring (bicyclic) bond motifs is 1. The topological polar surface area (TPSA) is 63.3 Å². The minimum Gasteiger partial charge on any atom is -0.481 e. The van der Waals surface area contributed by atoms with Gasteiger partial charge in [-0.15, -0.1) is 0 Å². The van der Waals surface area contributed by atoms with Crippen molar-refractivity contribution in [3.05, 3.63) is 29.3 Å². The SMILES string of the molecule is CC(C)(C(=O)O)C1CCc2ccc(N)cc2C1. The van der Waals surface area contributed by atoms with Crippen molar-refractivity contribution in [3.8, 4) is 0 Å². The molecule has 1 aromatic rings. The highest BCUT2D eigenvalue weighted by Crippen LogP contribution is 2.38. The van der Waals surface area contributed by atoms with Gasteiger partial charge in [0.25, 0.3) is 0 Å². The van der Waals surface area contributed by atoms with Crippen molar-refractivity contribution >= 4 is 11.7 Å². The molecule has 2 rings (SSSR count). The molecule has 0 saturated heterocycles. The predicted molar refractivity (Wildman–Crippen MR) is 67.8 cm³/mol. The number of aliphatic carboxylic acids is 1. The summed E-state index contributed by atoms with van der Waals surface area (Å²) in [5, 5.41) is 9.27. The number of hydrogen-bond donors (Lipinski definition) is 2. The monoisotopic (exact) mass is 233 g/mol. The van der Waals surface area contributed by atoms with E-state index in [-0.39, 0.29) is 5.92 Å². The van der Waals surface area contributed by atoms with E-state index in [4.69, 9.17) is 5.73 Å². The Labute approximate surface area is 102 Å². The third-order valence-electron chi connectivity index (χ3n) is 4.03. The zero-order valence-electron chi connectivity index (χ0n) is 10.4. The fraction of sp³-hybridized carbons (Fsp3) is 0.500. The molecule has 0 aromatic heterocycles. The molecule has 3 heteroatoms. The highest BCUT2D eigenvalue weighted by Gasteiger charge is 2.38. The van der Waals surface area contributed by atoms with E-state index < -0.39 is 11.4 Å². The summed E-state index contributed by atoms with van der Waals surface area (Å²) in [4.78, 5) is 11.3. The zero-order chi connectivity index (χ0) is 12.6. The molecule has 0 saturated carbocycles. The number of nitrogen functional groups attached to an aromatic ring is 1. The average Bonchev–Trinajstić information content (AvgIpc) is 2.27. The number of benzene rings is 1. The van der Waals surface area contributed by atoms with E-state index >= 15 is 0 Å². The highest BCUT2D eigenvalue weighted by atomic mass is 16.4. The van der Waals surface area contributed by atoms with Crippen LogP contribution in [0.3, 0.4) is 0 Å². The van der Waals surface area contributed by atoms with Gasteiger partial charge in [0.1, 0.15) is 0 Å². The van der Waals surface area contributed by atoms with Crippen LogP contribution >= 0.6 is 0 Å². The zero-order valence-corrected chi connectivity index (χ0v) is 10.4. The molecule has 0 radical (unpaired) electrons. The van der Waals surface area contributed by atoms with Crippen molar-refractivity contribution in [2.45, 2.75) is 33.1 Å². The molecule has 3 nitrogen and oxygen atoms in total. The standard InChI is InChI=1S/C14H19NO2/c1-14(2,13(16)17)11-5-3-9-4-6-12(15)8-10(9)7-11/h4,6,8,11H,3,5,7,15H2,1-2H3,(H,16,17). The smallest absolute Gasteiger partial charge is 0.309 e. The lowest BCUT2D eigenvalue weighted by molar-refractivity contribution is -0.150. The van der Waals surface area contributed by atoms with Gasteiger partial charge in [-0.05, 0) is 62.3 Å². The predicted octanol–water partition coefficient (Wildman–Crippen LogP) is 2.48. The molecule has 0 aliphatic heterocycles. The number of carbonyl (C=O) groups is 1. The van der Waals surface area contributed by atoms with Crippen molar-refractivity contribution in [1.29, 1.82) is 0 Å². The van der Waals surface area contributed by atoms with E-state index in [1.807, 2.05) is 26.0 Å². The maximum absolute atomic E-state index is 11.3. The number of anilines is 1. The molecule has 0 amide bonds. The van der Waals surface area contributed by atoms with E-state index in [1.165, 1.54) is 11.1 Å². The van der Waals surface area contributed by atoms with Crippen LogP contribution in [0.15, 0.2) is 18.2 Å². The van der Waals surface area contributed by atoms with E-state index in [0.29, 0.717) is 0 Å². The second-order valence-corrected chi connectivity index (χ2v) is 5.49. The molecule has 17 heavy (non-hydrogen) atoms. The Balaban J connectivity index is 2.26. The Hall–Kier alpha value is -1.51. The van der Waals surface area contributed by atoms with Crippen LogP contribution in [0, 0.1) is 11.3 Å². The molecule has 1 atom stereocenters. The minimum absolute atomic E-state index is 0.189. The van der Waals surface area contributed by atoms with Gasteiger partial charge in [0.05, 0.1) is 5.41 Å². The summed E-state index contributed by atoms with van der Waals surface area (Å²) in [5.41, 5.74) is 8.41. The Bertz CT molecular complexity index is 452. The second kappa shape index (κ2) is 4.06. The number of rotatable bonds is 2. The molecular formula is C14H19NO2. The lowest BCUT2D eigenvalue weighted by Crippen LogP contribution is -2.36. The van der Waals surface area contributed by atoms with Gasteiger partial charge in [-0.3, -0.25) is 4.79 Å². The number of hydrogen-bond acceptors (Lipinski definition) is 2. The van der Waals surface area contributed by atoms with Gasteiger partial charge >= 0.3 is 5.97 Å². The van der Waals surface area contributed by atoms with Gasteiger partial charge in [-0.25, -0.2) is 0 Å². The molecule has 0 heterocycles. The minimum atomic E-state index is -0.713. The fourth-order valence-corrected chi connectivity index (χ4v) is 2.57. The van der Waals surface area contributed by atoms with Crippen LogP contribution in [0.1, 0.15) is 31.4 Å². The molecule has 1 unspecified atom stereocenters. The summed E-state index contributed by atoms with van der Waals surface area (Å²) in [7, 11) is 0. The third kappa shape index (κ3) is 2.14. The van der Waals surface area contributed by atoms with Crippen molar-refractivity contribution in [1.82, 2.24) is 0 Å². The summed E-state index contributed by atoms with van der Waals surface area (Å²) in [6.07, 6.45) is 2.72. The lowest BCUT2D eigenvalue weighted by Gasteiger charge is -2.34. The Kier molecular flexibility index (Phi) is 2.86. The molecule has 0 fully saturated rings. The van der Waals surface area contributed by atoms with Gasteiger partial charge < -0.3 is 10.8 Å². The fourth-order valence-electron chi connectivity index (χ4n) is 2.57. The van der Waals surface area contributed by atoms with Crippen LogP contribution in [0.25, 0.3) is 0 Å². The first-order valence-electron chi connectivity index (χ1n) is 6.02. The molecule has 1 aromatic carbocycles. The summed E-state index contributed by atoms with van der Waals surface area (Å²) >= 11 is 0. The molecule has 3 N–H and O–H groups in total. The van der Waals surface area contributed by atoms with Gasteiger partial charge in [0.15, 0.2) is 0 Å². The molecule has 1 aliphatic rings. The second-order valence-electron chi connectivity index (χ2n) is 5.49. The number of carboxylic acid groups (broad SMARTS) is 1. The Morgan fingerprint density at radius 2 is 2.12 bits per heavy atom. The first-order valence-corrected chi connectivity index (χ1v) is 6.02. The van der Waals surface area contributed by atoms with Gasteiger partial charge in [0, 0.05) is 5.69 Å². The van der Waals surface area contributed by atoms with E-state index in [0.717, 1.165) is 24.9 Å². The van der Waals surface area contributed by atoms with Crippen LogP contribution in [-0.4, -0.2) is 11.1 Å². The molecular weight excluding hydrogens is 214 g/mol. The van der Waals surface area contributed by atoms with Gasteiger partial charge in [-0.2, -0.15) is 0 Å². The van der Waals surface area contributed by atoms with Crippen molar-refractivity contribution in [2.75, 3.05) is 5.73 Å². The maximum atomic E-state index is 11.3. The summed E-state index contributed by atoms with van der Waals surface area (Å²) in [5.74, 6) is -0.524. The Morgan fingerprint density at radius 3 is 2.76 bits per heavy atom. The van der Waals surface area contributed by atoms with Crippen LogP contribution in [0.5, 0.6) is 0 Å². The Morgan fingerprint density at radius 1 is 1.41 bits per heavy atom. The molecule has 0 spiro atoms. The summed E-state index contributed by atoms with van der Waals surface area (Å²) < 4.78 is 0. The first-order chi connectivity index (χ1) is 7.91. The van der Waals surface area contributed by atoms with Crippen LogP contribution in [0.2, 0.25) is 0 Å². The molecule has 1 aliphatic carbocycles. The lowest BCUT2D eigenvalue weighted by atomic mass is 9.69.